The fourth-order valence-corrected chi connectivity index (χ4v) is 2.39. The van der Waals surface area contributed by atoms with Gasteiger partial charge in [-0.25, -0.2) is 0 Å². The zero-order valence-electron chi connectivity index (χ0n) is 10.9. The van der Waals surface area contributed by atoms with Gasteiger partial charge in [-0.3, -0.25) is 4.79 Å². The van der Waals surface area contributed by atoms with Crippen LogP contribution < -0.4 is 5.32 Å². The summed E-state index contributed by atoms with van der Waals surface area (Å²) in [4.78, 5) is 14.4. The second-order valence-electron chi connectivity index (χ2n) is 4.82. The van der Waals surface area contributed by atoms with E-state index in [4.69, 9.17) is 23.2 Å². The van der Waals surface area contributed by atoms with Crippen molar-refractivity contribution >= 4 is 29.1 Å². The van der Waals surface area contributed by atoms with Crippen LogP contribution in [-0.4, -0.2) is 46.7 Å². The number of nitrogens with zero attached hydrogens (tertiary/aromatic N) is 4. The minimum absolute atomic E-state index is 0.0343. The molecule has 1 fully saturated rings. The average molecular weight is 314 g/mol. The molecule has 8 heteroatoms. The fourth-order valence-electron chi connectivity index (χ4n) is 2.06. The van der Waals surface area contributed by atoms with Crippen molar-refractivity contribution in [2.24, 2.45) is 0 Å². The van der Waals surface area contributed by atoms with E-state index in [0.29, 0.717) is 12.8 Å². The Bertz CT molecular complexity index is 563. The summed E-state index contributed by atoms with van der Waals surface area (Å²) in [6.45, 7) is 1.49. The number of hydrogen-bond donors (Lipinski definition) is 1. The molecule has 1 saturated heterocycles. The van der Waals surface area contributed by atoms with Crippen LogP contribution in [0.25, 0.3) is 0 Å². The molecule has 0 spiro atoms. The summed E-state index contributed by atoms with van der Waals surface area (Å²) in [6, 6.07) is 3.54. The molecule has 2 rings (SSSR count). The third-order valence-corrected chi connectivity index (χ3v) is 3.83. The molecule has 1 aliphatic rings. The Labute approximate surface area is 126 Å². The number of hydrogen-bond acceptors (Lipinski definition) is 5. The largest absolute Gasteiger partial charge is 0.334 e. The lowest BCUT2D eigenvalue weighted by molar-refractivity contribution is 0.0881. The van der Waals surface area contributed by atoms with Crippen LogP contribution in [0.5, 0.6) is 0 Å². The van der Waals surface area contributed by atoms with E-state index in [1.807, 2.05) is 7.05 Å². The lowest BCUT2D eigenvalue weighted by atomic mass is 9.89. The molecule has 1 N–H and O–H groups in total. The van der Waals surface area contributed by atoms with Gasteiger partial charge in [0, 0.05) is 13.1 Å². The minimum Gasteiger partial charge on any atom is -0.334 e. The zero-order valence-corrected chi connectivity index (χ0v) is 12.4. The van der Waals surface area contributed by atoms with E-state index in [1.54, 1.807) is 0 Å². The normalized spacial score (nSPS) is 18.3. The Morgan fingerprint density at radius 1 is 1.45 bits per heavy atom. The van der Waals surface area contributed by atoms with E-state index < -0.39 is 11.4 Å². The highest BCUT2D eigenvalue weighted by Gasteiger charge is 2.36. The molecule has 2 heterocycles. The third kappa shape index (κ3) is 3.18. The summed E-state index contributed by atoms with van der Waals surface area (Å²) in [7, 11) is 1.98. The number of halogens is 2. The zero-order chi connectivity index (χ0) is 14.8. The minimum atomic E-state index is -0.872. The van der Waals surface area contributed by atoms with E-state index in [2.05, 4.69) is 26.5 Å². The molecular formula is C12H13Cl2N5O. The fraction of sp³-hybridized carbons (Fsp3) is 0.500. The van der Waals surface area contributed by atoms with Crippen molar-refractivity contribution in [2.75, 3.05) is 20.1 Å². The molecule has 0 bridgehead atoms. The smallest absolute Gasteiger partial charge is 0.255 e. The second-order valence-corrected chi connectivity index (χ2v) is 5.57. The first-order chi connectivity index (χ1) is 9.46. The van der Waals surface area contributed by atoms with Crippen LogP contribution in [0.15, 0.2) is 6.07 Å². The second kappa shape index (κ2) is 5.92. The summed E-state index contributed by atoms with van der Waals surface area (Å²) >= 11 is 11.5. The van der Waals surface area contributed by atoms with Crippen molar-refractivity contribution in [1.82, 2.24) is 20.4 Å². The van der Waals surface area contributed by atoms with Crippen LogP contribution in [0.2, 0.25) is 10.3 Å². The van der Waals surface area contributed by atoms with Crippen molar-refractivity contribution in [1.29, 1.82) is 5.26 Å². The van der Waals surface area contributed by atoms with Gasteiger partial charge in [0.1, 0.15) is 5.54 Å². The van der Waals surface area contributed by atoms with Gasteiger partial charge in [-0.2, -0.15) is 5.26 Å². The number of rotatable bonds is 2. The van der Waals surface area contributed by atoms with Gasteiger partial charge in [0.05, 0.1) is 11.6 Å². The Hall–Kier alpha value is -1.42. The lowest BCUT2D eigenvalue weighted by Gasteiger charge is -2.36. The number of piperidine rings is 1. The van der Waals surface area contributed by atoms with Gasteiger partial charge in [-0.05, 0) is 26.0 Å². The van der Waals surface area contributed by atoms with Gasteiger partial charge in [0.25, 0.3) is 5.91 Å². The van der Waals surface area contributed by atoms with Crippen molar-refractivity contribution in [3.05, 3.63) is 21.9 Å². The van der Waals surface area contributed by atoms with E-state index in [1.165, 1.54) is 6.07 Å². The SMILES string of the molecule is CN1CCC(C#N)(NC(=O)c2cc(Cl)nnc2Cl)CC1. The van der Waals surface area contributed by atoms with E-state index in [0.717, 1.165) is 13.1 Å². The lowest BCUT2D eigenvalue weighted by Crippen LogP contribution is -2.53. The van der Waals surface area contributed by atoms with Crippen molar-refractivity contribution < 1.29 is 4.79 Å². The monoisotopic (exact) mass is 313 g/mol. The molecule has 106 valence electrons. The number of amides is 1. The van der Waals surface area contributed by atoms with Crippen LogP contribution in [0.1, 0.15) is 23.2 Å². The predicted molar refractivity (Wildman–Crippen MR) is 74.6 cm³/mol. The molecule has 0 aliphatic carbocycles. The average Bonchev–Trinajstić information content (AvgIpc) is 2.44. The van der Waals surface area contributed by atoms with Crippen LogP contribution in [0.3, 0.4) is 0 Å². The molecule has 1 amide bonds. The molecule has 6 nitrogen and oxygen atoms in total. The number of likely N-dealkylation sites (tertiary alicyclic amines) is 1. The molecule has 0 saturated carbocycles. The molecule has 0 unspecified atom stereocenters. The van der Waals surface area contributed by atoms with E-state index >= 15 is 0 Å². The van der Waals surface area contributed by atoms with E-state index in [9.17, 15) is 10.1 Å². The Balaban J connectivity index is 2.18. The summed E-state index contributed by atoms with van der Waals surface area (Å²) < 4.78 is 0. The molecule has 1 aromatic heterocycles. The molecular weight excluding hydrogens is 301 g/mol. The standard InChI is InChI=1S/C12H13Cl2N5O/c1-19-4-2-12(7-15,3-5-19)16-11(20)8-6-9(13)17-18-10(8)14/h6H,2-5H2,1H3,(H,16,20). The molecule has 20 heavy (non-hydrogen) atoms. The van der Waals surface area contributed by atoms with E-state index in [-0.39, 0.29) is 15.9 Å². The maximum Gasteiger partial charge on any atom is 0.255 e. The van der Waals surface area contributed by atoms with Crippen molar-refractivity contribution in [2.45, 2.75) is 18.4 Å². The molecule has 0 aromatic carbocycles. The first-order valence-corrected chi connectivity index (χ1v) is 6.82. The van der Waals surface area contributed by atoms with Gasteiger partial charge in [0.15, 0.2) is 10.3 Å². The predicted octanol–water partition coefficient (Wildman–Crippen LogP) is 1.50. The summed E-state index contributed by atoms with van der Waals surface area (Å²) in [6.07, 6.45) is 1.13. The Kier molecular flexibility index (Phi) is 4.43. The summed E-state index contributed by atoms with van der Waals surface area (Å²) in [5.41, 5.74) is -0.747. The van der Waals surface area contributed by atoms with Gasteiger partial charge in [-0.1, -0.05) is 23.2 Å². The van der Waals surface area contributed by atoms with Crippen LogP contribution in [0, 0.1) is 11.3 Å². The first kappa shape index (κ1) is 15.0. The number of nitrogens with one attached hydrogen (secondary N) is 1. The highest BCUT2D eigenvalue weighted by atomic mass is 35.5. The number of nitriles is 1. The van der Waals surface area contributed by atoms with Crippen LogP contribution in [0.4, 0.5) is 0 Å². The highest BCUT2D eigenvalue weighted by Crippen LogP contribution is 2.23. The van der Waals surface area contributed by atoms with Crippen LogP contribution >= 0.6 is 23.2 Å². The number of carbonyl (C=O) groups excluding carboxylic acids is 1. The third-order valence-electron chi connectivity index (χ3n) is 3.37. The maximum absolute atomic E-state index is 12.2. The molecule has 0 atom stereocenters. The Morgan fingerprint density at radius 2 is 2.10 bits per heavy atom. The summed E-state index contributed by atoms with van der Waals surface area (Å²) in [5.74, 6) is -0.460. The van der Waals surface area contributed by atoms with Gasteiger partial charge in [-0.15, -0.1) is 10.2 Å². The highest BCUT2D eigenvalue weighted by molar-refractivity contribution is 6.34. The first-order valence-electron chi connectivity index (χ1n) is 6.07. The maximum atomic E-state index is 12.2. The quantitative estimate of drug-likeness (QED) is 0.894. The van der Waals surface area contributed by atoms with Gasteiger partial charge in [0.2, 0.25) is 0 Å². The number of aromatic nitrogens is 2. The molecule has 0 radical (unpaired) electrons. The number of carbonyl (C=O) groups is 1. The Morgan fingerprint density at radius 3 is 2.70 bits per heavy atom. The molecule has 1 aromatic rings. The molecule has 1 aliphatic heterocycles. The topological polar surface area (TPSA) is 81.9 Å². The van der Waals surface area contributed by atoms with Crippen molar-refractivity contribution in [3.63, 3.8) is 0 Å². The van der Waals surface area contributed by atoms with Gasteiger partial charge < -0.3 is 10.2 Å². The van der Waals surface area contributed by atoms with Crippen LogP contribution in [-0.2, 0) is 0 Å². The van der Waals surface area contributed by atoms with Gasteiger partial charge >= 0.3 is 0 Å². The van der Waals surface area contributed by atoms with Crippen molar-refractivity contribution in [3.8, 4) is 6.07 Å². The summed E-state index contributed by atoms with van der Waals surface area (Å²) in [5, 5.41) is 19.3.